The Morgan fingerprint density at radius 2 is 1.77 bits per heavy atom. The first-order valence-corrected chi connectivity index (χ1v) is 8.14. The van der Waals surface area contributed by atoms with Crippen LogP contribution >= 0.6 is 0 Å². The predicted molar refractivity (Wildman–Crippen MR) is 90.5 cm³/mol. The van der Waals surface area contributed by atoms with Crippen molar-refractivity contribution in [2.75, 3.05) is 20.8 Å². The molecule has 1 rings (SSSR count). The highest BCUT2D eigenvalue weighted by atomic mass is 19.4. The average Bonchev–Trinajstić information content (AvgIpc) is 2.52. The summed E-state index contributed by atoms with van der Waals surface area (Å²) in [6.45, 7) is 5.37. The Labute approximate surface area is 151 Å². The summed E-state index contributed by atoms with van der Waals surface area (Å²) < 4.78 is 54.4. The minimum atomic E-state index is -4.46. The van der Waals surface area contributed by atoms with Crippen molar-refractivity contribution in [3.63, 3.8) is 0 Å². The van der Waals surface area contributed by atoms with Crippen LogP contribution in [0.3, 0.4) is 0 Å². The molecule has 1 atom stereocenters. The van der Waals surface area contributed by atoms with Gasteiger partial charge in [0.05, 0.1) is 12.0 Å². The Morgan fingerprint density at radius 3 is 2.27 bits per heavy atom. The molecule has 0 aliphatic heterocycles. The summed E-state index contributed by atoms with van der Waals surface area (Å²) in [4.78, 5) is 12.2. The monoisotopic (exact) mass is 377 g/mol. The molecule has 0 aliphatic rings. The number of halogens is 3. The van der Waals surface area contributed by atoms with Crippen LogP contribution in [-0.4, -0.2) is 38.6 Å². The third-order valence-corrected chi connectivity index (χ3v) is 3.46. The highest BCUT2D eigenvalue weighted by Crippen LogP contribution is 2.31. The molecule has 1 aromatic rings. The predicted octanol–water partition coefficient (Wildman–Crippen LogP) is 3.69. The quantitative estimate of drug-likeness (QED) is 0.553. The zero-order valence-corrected chi connectivity index (χ0v) is 15.6. The molecule has 148 valence electrons. The fourth-order valence-corrected chi connectivity index (χ4v) is 2.29. The largest absolute Gasteiger partial charge is 0.460 e. The summed E-state index contributed by atoms with van der Waals surface area (Å²) in [5.41, 5.74) is -1.13. The maximum atomic E-state index is 13.0. The molecule has 0 radical (unpaired) electrons. The molecule has 0 unspecified atom stereocenters. The van der Waals surface area contributed by atoms with E-state index in [2.05, 4.69) is 5.32 Å². The standard InChI is InChI=1S/C18H26F3NO4/c1-17(2,3)26-15(23)10-14(22-11-16(24-4)25-5)12-7-6-8-13(9-12)18(19,20)21/h6-9,14,16,22H,10-11H2,1-5H3/t14-/m0/s1. The second-order valence-electron chi connectivity index (χ2n) is 6.78. The van der Waals surface area contributed by atoms with Gasteiger partial charge in [0.25, 0.3) is 0 Å². The van der Waals surface area contributed by atoms with Crippen LogP contribution in [-0.2, 0) is 25.2 Å². The molecular formula is C18H26F3NO4. The number of methoxy groups -OCH3 is 2. The zero-order chi connectivity index (χ0) is 20.0. The van der Waals surface area contributed by atoms with E-state index < -0.39 is 35.6 Å². The van der Waals surface area contributed by atoms with Crippen LogP contribution in [0.1, 0.15) is 44.4 Å². The zero-order valence-electron chi connectivity index (χ0n) is 15.6. The van der Waals surface area contributed by atoms with E-state index in [0.717, 1.165) is 12.1 Å². The molecule has 5 nitrogen and oxygen atoms in total. The number of hydrogen-bond acceptors (Lipinski definition) is 5. The van der Waals surface area contributed by atoms with Crippen molar-refractivity contribution >= 4 is 5.97 Å². The fraction of sp³-hybridized carbons (Fsp3) is 0.611. The first-order valence-electron chi connectivity index (χ1n) is 8.14. The van der Waals surface area contributed by atoms with Gasteiger partial charge in [-0.05, 0) is 38.5 Å². The van der Waals surface area contributed by atoms with Gasteiger partial charge >= 0.3 is 12.1 Å². The molecular weight excluding hydrogens is 351 g/mol. The van der Waals surface area contributed by atoms with Gasteiger partial charge in [-0.15, -0.1) is 0 Å². The number of carbonyl (C=O) groups excluding carboxylic acids is 1. The lowest BCUT2D eigenvalue weighted by atomic mass is 10.0. The fourth-order valence-electron chi connectivity index (χ4n) is 2.29. The van der Waals surface area contributed by atoms with Crippen LogP contribution in [0.4, 0.5) is 13.2 Å². The van der Waals surface area contributed by atoms with Crippen molar-refractivity contribution in [3.05, 3.63) is 35.4 Å². The average molecular weight is 377 g/mol. The number of carbonyl (C=O) groups is 1. The minimum Gasteiger partial charge on any atom is -0.460 e. The van der Waals surface area contributed by atoms with Crippen LogP contribution in [0, 0.1) is 0 Å². The topological polar surface area (TPSA) is 56.8 Å². The first-order chi connectivity index (χ1) is 12.0. The van der Waals surface area contributed by atoms with Gasteiger partial charge in [0, 0.05) is 26.8 Å². The lowest BCUT2D eigenvalue weighted by Crippen LogP contribution is -2.35. The second kappa shape index (κ2) is 9.34. The van der Waals surface area contributed by atoms with E-state index in [1.807, 2.05) is 0 Å². The summed E-state index contributed by atoms with van der Waals surface area (Å²) in [6.07, 6.45) is -5.19. The Morgan fingerprint density at radius 1 is 1.15 bits per heavy atom. The van der Waals surface area contributed by atoms with Crippen LogP contribution in [0.25, 0.3) is 0 Å². The lowest BCUT2D eigenvalue weighted by molar-refractivity contribution is -0.155. The molecule has 0 bridgehead atoms. The Hall–Kier alpha value is -1.64. The smallest absolute Gasteiger partial charge is 0.416 e. The van der Waals surface area contributed by atoms with Crippen molar-refractivity contribution in [1.82, 2.24) is 5.32 Å². The van der Waals surface area contributed by atoms with Gasteiger partial charge in [0.2, 0.25) is 0 Å². The normalized spacial score (nSPS) is 13.7. The first kappa shape index (κ1) is 22.4. The molecule has 0 spiro atoms. The molecule has 0 aliphatic carbocycles. The molecule has 0 heterocycles. The molecule has 1 N–H and O–H groups in total. The summed E-state index contributed by atoms with van der Waals surface area (Å²) in [6, 6.07) is 4.18. The van der Waals surface area contributed by atoms with Crippen LogP contribution in [0.5, 0.6) is 0 Å². The van der Waals surface area contributed by atoms with Gasteiger partial charge in [-0.3, -0.25) is 4.79 Å². The molecule has 0 aromatic heterocycles. The Kier molecular flexibility index (Phi) is 8.05. The van der Waals surface area contributed by atoms with Gasteiger partial charge in [-0.2, -0.15) is 13.2 Å². The Bertz CT molecular complexity index is 581. The number of ether oxygens (including phenoxy) is 3. The maximum Gasteiger partial charge on any atom is 0.416 e. The SMILES string of the molecule is COC(CN[C@@H](CC(=O)OC(C)(C)C)c1cccc(C(F)(F)F)c1)OC. The number of alkyl halides is 3. The second-order valence-corrected chi connectivity index (χ2v) is 6.78. The van der Waals surface area contributed by atoms with E-state index >= 15 is 0 Å². The van der Waals surface area contributed by atoms with E-state index in [9.17, 15) is 18.0 Å². The van der Waals surface area contributed by atoms with E-state index in [1.54, 1.807) is 20.8 Å². The van der Waals surface area contributed by atoms with Gasteiger partial charge in [-0.25, -0.2) is 0 Å². The van der Waals surface area contributed by atoms with Crippen molar-refractivity contribution < 1.29 is 32.2 Å². The number of benzene rings is 1. The van der Waals surface area contributed by atoms with E-state index in [1.165, 1.54) is 26.4 Å². The molecule has 0 fully saturated rings. The number of hydrogen-bond donors (Lipinski definition) is 1. The summed E-state index contributed by atoms with van der Waals surface area (Å²) in [5.74, 6) is -0.515. The summed E-state index contributed by atoms with van der Waals surface area (Å²) >= 11 is 0. The third-order valence-electron chi connectivity index (χ3n) is 3.46. The Balaban J connectivity index is 3.01. The minimum absolute atomic E-state index is 0.126. The van der Waals surface area contributed by atoms with Crippen molar-refractivity contribution in [2.24, 2.45) is 0 Å². The number of nitrogens with one attached hydrogen (secondary N) is 1. The molecule has 8 heteroatoms. The van der Waals surface area contributed by atoms with Crippen LogP contribution in [0.2, 0.25) is 0 Å². The number of esters is 1. The molecule has 26 heavy (non-hydrogen) atoms. The lowest BCUT2D eigenvalue weighted by Gasteiger charge is -2.25. The van der Waals surface area contributed by atoms with Crippen molar-refractivity contribution in [1.29, 1.82) is 0 Å². The maximum absolute atomic E-state index is 13.0. The van der Waals surface area contributed by atoms with Gasteiger partial charge in [0.15, 0.2) is 6.29 Å². The highest BCUT2D eigenvalue weighted by molar-refractivity contribution is 5.71. The van der Waals surface area contributed by atoms with Crippen molar-refractivity contribution in [2.45, 2.75) is 51.3 Å². The van der Waals surface area contributed by atoms with Crippen LogP contribution in [0.15, 0.2) is 24.3 Å². The van der Waals surface area contributed by atoms with E-state index in [-0.39, 0.29) is 13.0 Å². The summed E-state index contributed by atoms with van der Waals surface area (Å²) in [7, 11) is 2.89. The molecule has 1 aromatic carbocycles. The van der Waals surface area contributed by atoms with Gasteiger partial charge < -0.3 is 19.5 Å². The molecule has 0 saturated heterocycles. The van der Waals surface area contributed by atoms with Gasteiger partial charge in [-0.1, -0.05) is 12.1 Å². The van der Waals surface area contributed by atoms with E-state index in [4.69, 9.17) is 14.2 Å². The van der Waals surface area contributed by atoms with E-state index in [0.29, 0.717) is 5.56 Å². The third kappa shape index (κ3) is 7.72. The highest BCUT2D eigenvalue weighted by Gasteiger charge is 2.31. The van der Waals surface area contributed by atoms with Crippen LogP contribution < -0.4 is 5.32 Å². The number of rotatable bonds is 8. The molecule has 0 saturated carbocycles. The van der Waals surface area contributed by atoms with Crippen molar-refractivity contribution in [3.8, 4) is 0 Å². The molecule has 0 amide bonds. The van der Waals surface area contributed by atoms with Gasteiger partial charge in [0.1, 0.15) is 5.60 Å². The summed E-state index contributed by atoms with van der Waals surface area (Å²) in [5, 5.41) is 3.02.